The normalized spacial score (nSPS) is 15.4. The number of H-pyrrole nitrogens is 2. The van der Waals surface area contributed by atoms with Gasteiger partial charge in [0, 0.05) is 59.2 Å². The summed E-state index contributed by atoms with van der Waals surface area (Å²) in [5.41, 5.74) is 17.5. The molecule has 5 heterocycles. The molecule has 0 saturated heterocycles. The van der Waals surface area contributed by atoms with E-state index in [0.717, 1.165) is 56.8 Å². The van der Waals surface area contributed by atoms with Crippen LogP contribution in [0.2, 0.25) is 0 Å². The highest BCUT2D eigenvalue weighted by Gasteiger charge is 2.34. The van der Waals surface area contributed by atoms with Gasteiger partial charge in [0.05, 0.1) is 75.2 Å². The molecule has 0 aliphatic carbocycles. The summed E-state index contributed by atoms with van der Waals surface area (Å²) in [4.78, 5) is 57.5. The summed E-state index contributed by atoms with van der Waals surface area (Å²) in [6.07, 6.45) is 1.17. The summed E-state index contributed by atoms with van der Waals surface area (Å²) in [5, 5.41) is 3.01. The molecule has 2 aliphatic rings. The summed E-state index contributed by atoms with van der Waals surface area (Å²) in [7, 11) is 2.71. The first-order valence-corrected chi connectivity index (χ1v) is 18.6. The monoisotopic (exact) mass is 742 g/mol. The van der Waals surface area contributed by atoms with E-state index in [1.54, 1.807) is 0 Å². The summed E-state index contributed by atoms with van der Waals surface area (Å²) < 4.78 is 21.3. The van der Waals surface area contributed by atoms with Gasteiger partial charge in [-0.15, -0.1) is 0 Å². The van der Waals surface area contributed by atoms with Crippen LogP contribution in [-0.2, 0) is 35.0 Å². The molecular formula is C41H54N6O7. The Kier molecular flexibility index (Phi) is 13.4. The van der Waals surface area contributed by atoms with E-state index in [4.69, 9.17) is 34.6 Å². The van der Waals surface area contributed by atoms with E-state index in [0.29, 0.717) is 66.2 Å². The first-order chi connectivity index (χ1) is 25.9. The number of hydrogen-bond donors (Lipinski definition) is 4. The zero-order valence-electron chi connectivity index (χ0n) is 32.8. The lowest BCUT2D eigenvalue weighted by molar-refractivity contribution is -0.141. The SMILES string of the molecule is CCC1=C(C)c2cc3[nH]c(cc4nc(c(CC(=O)OC)c5[nH]c(cc1n2)c(C)c5C(=O)NCCOCCOCCN)C(CCC(=O)OC)C4C)c(C)c3C. The molecule has 5 rings (SSSR count). The van der Waals surface area contributed by atoms with Crippen LogP contribution in [0.15, 0.2) is 18.2 Å². The fourth-order valence-corrected chi connectivity index (χ4v) is 7.29. The first-order valence-electron chi connectivity index (χ1n) is 18.6. The van der Waals surface area contributed by atoms with Gasteiger partial charge < -0.3 is 40.0 Å². The predicted molar refractivity (Wildman–Crippen MR) is 209 cm³/mol. The van der Waals surface area contributed by atoms with Crippen molar-refractivity contribution >= 4 is 51.1 Å². The van der Waals surface area contributed by atoms with Crippen LogP contribution < -0.4 is 11.1 Å². The van der Waals surface area contributed by atoms with Crippen molar-refractivity contribution < 1.29 is 33.3 Å². The number of allylic oxidation sites excluding steroid dienone is 2. The summed E-state index contributed by atoms with van der Waals surface area (Å²) in [5.74, 6) is -1.58. The fourth-order valence-electron chi connectivity index (χ4n) is 7.29. The smallest absolute Gasteiger partial charge is 0.310 e. The number of aromatic amines is 2. The second-order valence-corrected chi connectivity index (χ2v) is 13.8. The molecular weight excluding hydrogens is 688 g/mol. The number of ether oxygens (including phenoxy) is 4. The van der Waals surface area contributed by atoms with E-state index in [2.05, 4.69) is 56.0 Å². The standard InChI is InChI=1S/C41H54N6O7/c1-9-27-24(4)32-19-30-22(2)23(3)31(44-30)20-33-25(5)28(10-11-36(48)51-7)39(46-33)29(18-37(49)52-8)40-38(26(6)34(47-40)21-35(27)45-32)41(50)43-13-15-54-17-16-53-14-12-42/h19-21,25,28,44,47H,9-18,42H2,1-8H3,(H,43,50). The van der Waals surface area contributed by atoms with Crippen molar-refractivity contribution in [1.82, 2.24) is 25.3 Å². The van der Waals surface area contributed by atoms with Gasteiger partial charge in [0.2, 0.25) is 0 Å². The molecule has 8 bridgehead atoms. The van der Waals surface area contributed by atoms with Gasteiger partial charge in [-0.05, 0) is 86.6 Å². The van der Waals surface area contributed by atoms with Crippen LogP contribution in [0.4, 0.5) is 0 Å². The number of aryl methyl sites for hydroxylation is 3. The zero-order chi connectivity index (χ0) is 39.1. The van der Waals surface area contributed by atoms with Crippen molar-refractivity contribution in [1.29, 1.82) is 0 Å². The lowest BCUT2D eigenvalue weighted by atomic mass is 9.85. The lowest BCUT2D eigenvalue weighted by Crippen LogP contribution is -2.28. The van der Waals surface area contributed by atoms with Crippen LogP contribution in [0, 0.1) is 20.8 Å². The summed E-state index contributed by atoms with van der Waals surface area (Å²) in [6, 6.07) is 6.11. The fraction of sp³-hybridized carbons (Fsp3) is 0.488. The third-order valence-corrected chi connectivity index (χ3v) is 10.6. The van der Waals surface area contributed by atoms with Crippen LogP contribution in [0.1, 0.15) is 107 Å². The molecule has 3 aromatic rings. The Morgan fingerprint density at radius 1 is 0.833 bits per heavy atom. The molecule has 2 atom stereocenters. The molecule has 0 fully saturated rings. The van der Waals surface area contributed by atoms with Gasteiger partial charge >= 0.3 is 11.9 Å². The number of carbonyl (C=O) groups is 3. The molecule has 54 heavy (non-hydrogen) atoms. The Morgan fingerprint density at radius 2 is 1.48 bits per heavy atom. The second kappa shape index (κ2) is 18.0. The minimum atomic E-state index is -0.490. The van der Waals surface area contributed by atoms with Gasteiger partial charge in [0.1, 0.15) is 0 Å². The molecule has 5 N–H and O–H groups in total. The van der Waals surface area contributed by atoms with Gasteiger partial charge in [0.25, 0.3) is 5.91 Å². The number of methoxy groups -OCH3 is 2. The zero-order valence-corrected chi connectivity index (χ0v) is 32.8. The number of hydrogen-bond acceptors (Lipinski definition) is 10. The minimum Gasteiger partial charge on any atom is -0.469 e. The van der Waals surface area contributed by atoms with Gasteiger partial charge in [-0.1, -0.05) is 13.8 Å². The quantitative estimate of drug-likeness (QED) is 0.109. The Hall–Kier alpha value is -4.85. The molecule has 13 heteroatoms. The number of nitrogens with zero attached hydrogens (tertiary/aromatic N) is 2. The Labute approximate surface area is 316 Å². The average Bonchev–Trinajstić information content (AvgIpc) is 3.83. The second-order valence-electron chi connectivity index (χ2n) is 13.8. The molecule has 13 nitrogen and oxygen atoms in total. The van der Waals surface area contributed by atoms with Gasteiger partial charge in [-0.2, -0.15) is 0 Å². The summed E-state index contributed by atoms with van der Waals surface area (Å²) in [6.45, 7) is 14.5. The largest absolute Gasteiger partial charge is 0.469 e. The number of esters is 2. The number of rotatable bonds is 15. The third-order valence-electron chi connectivity index (χ3n) is 10.6. The van der Waals surface area contributed by atoms with Crippen LogP contribution in [-0.4, -0.2) is 91.5 Å². The van der Waals surface area contributed by atoms with Crippen molar-refractivity contribution in [2.24, 2.45) is 5.73 Å². The van der Waals surface area contributed by atoms with Gasteiger partial charge in [-0.25, -0.2) is 4.98 Å². The molecule has 0 saturated carbocycles. The Bertz CT molecular complexity index is 2100. The number of amides is 1. The molecule has 290 valence electrons. The first kappa shape index (κ1) is 40.3. The number of nitrogens with one attached hydrogen (secondary N) is 3. The molecule has 0 radical (unpaired) electrons. The van der Waals surface area contributed by atoms with E-state index in [1.807, 2.05) is 19.1 Å². The number of aromatic nitrogens is 4. The van der Waals surface area contributed by atoms with E-state index in [-0.39, 0.29) is 49.7 Å². The van der Waals surface area contributed by atoms with Crippen molar-refractivity contribution in [2.75, 3.05) is 53.7 Å². The maximum absolute atomic E-state index is 14.2. The molecule has 2 unspecified atom stereocenters. The van der Waals surface area contributed by atoms with Crippen molar-refractivity contribution in [3.63, 3.8) is 0 Å². The highest BCUT2D eigenvalue weighted by atomic mass is 16.5. The van der Waals surface area contributed by atoms with E-state index >= 15 is 0 Å². The Balaban J connectivity index is 1.81. The van der Waals surface area contributed by atoms with E-state index < -0.39 is 5.97 Å². The topological polar surface area (TPSA) is 184 Å². The van der Waals surface area contributed by atoms with Gasteiger partial charge in [0.15, 0.2) is 0 Å². The Morgan fingerprint density at radius 3 is 2.15 bits per heavy atom. The molecule has 3 aromatic heterocycles. The minimum absolute atomic E-state index is 0.137. The third kappa shape index (κ3) is 8.59. The average molecular weight is 743 g/mol. The van der Waals surface area contributed by atoms with Crippen molar-refractivity contribution in [3.8, 4) is 0 Å². The predicted octanol–water partition coefficient (Wildman–Crippen LogP) is 5.86. The maximum atomic E-state index is 14.2. The highest BCUT2D eigenvalue weighted by molar-refractivity contribution is 6.06. The van der Waals surface area contributed by atoms with Crippen molar-refractivity contribution in [3.05, 3.63) is 68.8 Å². The van der Waals surface area contributed by atoms with E-state index in [9.17, 15) is 14.4 Å². The number of nitrogens with two attached hydrogens (primary N) is 1. The molecule has 0 aromatic carbocycles. The highest BCUT2D eigenvalue weighted by Crippen LogP contribution is 2.43. The van der Waals surface area contributed by atoms with Crippen molar-refractivity contribution in [2.45, 2.75) is 79.1 Å². The van der Waals surface area contributed by atoms with Crippen LogP contribution in [0.3, 0.4) is 0 Å². The van der Waals surface area contributed by atoms with Gasteiger partial charge in [-0.3, -0.25) is 19.4 Å². The molecule has 1 amide bonds. The summed E-state index contributed by atoms with van der Waals surface area (Å²) >= 11 is 0. The molecule has 0 spiro atoms. The maximum Gasteiger partial charge on any atom is 0.310 e. The lowest BCUT2D eigenvalue weighted by Gasteiger charge is -2.18. The number of fused-ring (bicyclic) bond motifs is 8. The van der Waals surface area contributed by atoms with Crippen LogP contribution in [0.25, 0.3) is 33.2 Å². The van der Waals surface area contributed by atoms with Crippen LogP contribution in [0.5, 0.6) is 0 Å². The van der Waals surface area contributed by atoms with E-state index in [1.165, 1.54) is 14.2 Å². The molecule has 2 aliphatic heterocycles. The van der Waals surface area contributed by atoms with Crippen LogP contribution >= 0.6 is 0 Å². The number of carbonyl (C=O) groups excluding carboxylic acids is 3.